The lowest BCUT2D eigenvalue weighted by molar-refractivity contribution is 0.161. The highest BCUT2D eigenvalue weighted by Gasteiger charge is 2.13. The third-order valence-electron chi connectivity index (χ3n) is 1.27. The van der Waals surface area contributed by atoms with E-state index in [1.165, 1.54) is 6.33 Å². The van der Waals surface area contributed by atoms with Gasteiger partial charge in [0.15, 0.2) is 0 Å². The molecule has 0 saturated heterocycles. The van der Waals surface area contributed by atoms with Crippen molar-refractivity contribution in [1.29, 1.82) is 0 Å². The van der Waals surface area contributed by atoms with Crippen LogP contribution in [0.4, 0.5) is 0 Å². The lowest BCUT2D eigenvalue weighted by Crippen LogP contribution is -2.24. The maximum Gasteiger partial charge on any atom is 0.143 e. The average molecular weight is 142 g/mol. The molecule has 0 aliphatic heterocycles. The van der Waals surface area contributed by atoms with Gasteiger partial charge < -0.3 is 10.8 Å². The number of aliphatic hydroxyl groups is 1. The van der Waals surface area contributed by atoms with Crippen molar-refractivity contribution in [2.75, 3.05) is 0 Å². The first-order chi connectivity index (χ1) is 4.72. The molecule has 0 aromatic carbocycles. The van der Waals surface area contributed by atoms with Gasteiger partial charge in [-0.25, -0.2) is 4.98 Å². The van der Waals surface area contributed by atoms with E-state index in [0.717, 1.165) is 0 Å². The molecule has 1 heterocycles. The summed E-state index contributed by atoms with van der Waals surface area (Å²) in [6, 6.07) is -0.470. The Bertz CT molecular complexity index is 184. The van der Waals surface area contributed by atoms with Gasteiger partial charge >= 0.3 is 0 Å². The SMILES string of the molecule is C[C@@H](O)[C@H](N)c1ncn[nH]1. The van der Waals surface area contributed by atoms with Gasteiger partial charge in [-0.15, -0.1) is 0 Å². The smallest absolute Gasteiger partial charge is 0.143 e. The maximum absolute atomic E-state index is 8.98. The van der Waals surface area contributed by atoms with Gasteiger partial charge in [-0.2, -0.15) is 5.10 Å². The van der Waals surface area contributed by atoms with E-state index in [-0.39, 0.29) is 0 Å². The molecule has 1 aromatic heterocycles. The molecule has 0 radical (unpaired) electrons. The van der Waals surface area contributed by atoms with E-state index in [1.807, 2.05) is 0 Å². The Morgan fingerprint density at radius 1 is 1.80 bits per heavy atom. The summed E-state index contributed by atoms with van der Waals surface area (Å²) in [5.41, 5.74) is 5.50. The predicted molar refractivity (Wildman–Crippen MR) is 35.0 cm³/mol. The zero-order valence-corrected chi connectivity index (χ0v) is 5.65. The van der Waals surface area contributed by atoms with Gasteiger partial charge in [0.25, 0.3) is 0 Å². The van der Waals surface area contributed by atoms with Crippen LogP contribution in [-0.2, 0) is 0 Å². The molecule has 56 valence electrons. The first-order valence-corrected chi connectivity index (χ1v) is 3.00. The molecule has 0 aliphatic rings. The summed E-state index contributed by atoms with van der Waals surface area (Å²) in [6.45, 7) is 1.60. The molecule has 0 unspecified atom stereocenters. The first kappa shape index (κ1) is 7.17. The van der Waals surface area contributed by atoms with Crippen molar-refractivity contribution in [2.24, 2.45) is 5.73 Å². The molecule has 0 bridgehead atoms. The number of hydrogen-bond donors (Lipinski definition) is 3. The van der Waals surface area contributed by atoms with Gasteiger partial charge in [-0.3, -0.25) is 5.10 Å². The quantitative estimate of drug-likeness (QED) is 0.503. The summed E-state index contributed by atoms with van der Waals surface area (Å²) < 4.78 is 0. The molecule has 0 aliphatic carbocycles. The average Bonchev–Trinajstić information content (AvgIpc) is 2.36. The minimum atomic E-state index is -0.604. The van der Waals surface area contributed by atoms with Gasteiger partial charge in [0.2, 0.25) is 0 Å². The predicted octanol–water partition coefficient (Wildman–Crippen LogP) is -0.815. The summed E-state index contributed by atoms with van der Waals surface area (Å²) in [6.07, 6.45) is 0.755. The molecule has 5 nitrogen and oxygen atoms in total. The van der Waals surface area contributed by atoms with Crippen molar-refractivity contribution in [3.63, 3.8) is 0 Å². The zero-order chi connectivity index (χ0) is 7.56. The van der Waals surface area contributed by atoms with Crippen LogP contribution in [0.15, 0.2) is 6.33 Å². The van der Waals surface area contributed by atoms with Crippen molar-refractivity contribution in [1.82, 2.24) is 15.2 Å². The fourth-order valence-electron chi connectivity index (χ4n) is 0.604. The van der Waals surface area contributed by atoms with E-state index in [4.69, 9.17) is 10.8 Å². The lowest BCUT2D eigenvalue weighted by Gasteiger charge is -2.09. The Labute approximate surface area is 58.3 Å². The number of H-pyrrole nitrogens is 1. The van der Waals surface area contributed by atoms with Crippen LogP contribution >= 0.6 is 0 Å². The second-order valence-electron chi connectivity index (χ2n) is 2.14. The Morgan fingerprint density at radius 2 is 2.50 bits per heavy atom. The van der Waals surface area contributed by atoms with Crippen LogP contribution in [0.1, 0.15) is 18.8 Å². The summed E-state index contributed by atoms with van der Waals surface area (Å²) in [4.78, 5) is 3.79. The Hall–Kier alpha value is -0.940. The fourth-order valence-corrected chi connectivity index (χ4v) is 0.604. The first-order valence-electron chi connectivity index (χ1n) is 3.00. The van der Waals surface area contributed by atoms with Crippen molar-refractivity contribution >= 4 is 0 Å². The highest BCUT2D eigenvalue weighted by atomic mass is 16.3. The van der Waals surface area contributed by atoms with Crippen LogP contribution in [0.3, 0.4) is 0 Å². The number of aromatic nitrogens is 3. The Kier molecular flexibility index (Phi) is 1.98. The number of hydrogen-bond acceptors (Lipinski definition) is 4. The largest absolute Gasteiger partial charge is 0.391 e. The van der Waals surface area contributed by atoms with Crippen LogP contribution in [0.2, 0.25) is 0 Å². The van der Waals surface area contributed by atoms with Crippen LogP contribution in [0.5, 0.6) is 0 Å². The summed E-state index contributed by atoms with van der Waals surface area (Å²) in [7, 11) is 0. The Balaban J connectivity index is 2.68. The molecule has 10 heavy (non-hydrogen) atoms. The van der Waals surface area contributed by atoms with Crippen LogP contribution in [-0.4, -0.2) is 26.4 Å². The summed E-state index contributed by atoms with van der Waals surface area (Å²) in [5, 5.41) is 15.2. The second kappa shape index (κ2) is 2.76. The number of nitrogens with zero attached hydrogens (tertiary/aromatic N) is 2. The lowest BCUT2D eigenvalue weighted by atomic mass is 10.2. The summed E-state index contributed by atoms with van der Waals surface area (Å²) in [5.74, 6) is 0.509. The number of rotatable bonds is 2. The van der Waals surface area contributed by atoms with Gasteiger partial charge in [-0.1, -0.05) is 0 Å². The fraction of sp³-hybridized carbons (Fsp3) is 0.600. The second-order valence-corrected chi connectivity index (χ2v) is 2.14. The molecule has 0 amide bonds. The molecule has 1 rings (SSSR count). The molecular weight excluding hydrogens is 132 g/mol. The molecule has 0 spiro atoms. The highest BCUT2D eigenvalue weighted by molar-refractivity contribution is 4.91. The number of aromatic amines is 1. The van der Waals surface area contributed by atoms with Crippen molar-refractivity contribution in [3.8, 4) is 0 Å². The van der Waals surface area contributed by atoms with Crippen molar-refractivity contribution in [3.05, 3.63) is 12.2 Å². The number of aliphatic hydroxyl groups excluding tert-OH is 1. The van der Waals surface area contributed by atoms with E-state index >= 15 is 0 Å². The molecule has 0 fully saturated rings. The third-order valence-corrected chi connectivity index (χ3v) is 1.27. The van der Waals surface area contributed by atoms with E-state index in [9.17, 15) is 0 Å². The van der Waals surface area contributed by atoms with E-state index < -0.39 is 12.1 Å². The van der Waals surface area contributed by atoms with E-state index in [2.05, 4.69) is 15.2 Å². The molecular formula is C5H10N4O. The van der Waals surface area contributed by atoms with Crippen molar-refractivity contribution < 1.29 is 5.11 Å². The van der Waals surface area contributed by atoms with E-state index in [0.29, 0.717) is 5.82 Å². The number of nitrogens with one attached hydrogen (secondary N) is 1. The normalized spacial score (nSPS) is 16.7. The molecule has 4 N–H and O–H groups in total. The molecule has 0 saturated carbocycles. The van der Waals surface area contributed by atoms with Gasteiger partial charge in [0, 0.05) is 0 Å². The molecule has 2 atom stereocenters. The molecule has 5 heteroatoms. The minimum Gasteiger partial charge on any atom is -0.391 e. The monoisotopic (exact) mass is 142 g/mol. The van der Waals surface area contributed by atoms with Crippen LogP contribution < -0.4 is 5.73 Å². The van der Waals surface area contributed by atoms with Gasteiger partial charge in [0.05, 0.1) is 12.1 Å². The highest BCUT2D eigenvalue weighted by Crippen LogP contribution is 2.05. The van der Waals surface area contributed by atoms with Crippen molar-refractivity contribution in [2.45, 2.75) is 19.1 Å². The zero-order valence-electron chi connectivity index (χ0n) is 5.65. The maximum atomic E-state index is 8.98. The topological polar surface area (TPSA) is 87.8 Å². The van der Waals surface area contributed by atoms with Crippen LogP contribution in [0, 0.1) is 0 Å². The van der Waals surface area contributed by atoms with Crippen LogP contribution in [0.25, 0.3) is 0 Å². The van der Waals surface area contributed by atoms with Gasteiger partial charge in [-0.05, 0) is 6.92 Å². The number of nitrogens with two attached hydrogens (primary N) is 1. The van der Waals surface area contributed by atoms with E-state index in [1.54, 1.807) is 6.92 Å². The molecule has 1 aromatic rings. The Morgan fingerprint density at radius 3 is 2.90 bits per heavy atom. The summed E-state index contributed by atoms with van der Waals surface area (Å²) >= 11 is 0. The third kappa shape index (κ3) is 1.31. The van der Waals surface area contributed by atoms with Gasteiger partial charge in [0.1, 0.15) is 12.2 Å². The minimum absolute atomic E-state index is 0.470. The standard InChI is InChI=1S/C5H10N4O/c1-3(10)4(6)5-7-2-8-9-5/h2-4,10H,6H2,1H3,(H,7,8,9)/t3-,4+/m1/s1.